The molecule has 0 atom stereocenters. The number of nitrogens with zero attached hydrogens (tertiary/aromatic N) is 7. The third-order valence-electron chi connectivity index (χ3n) is 5.20. The Balaban J connectivity index is 1.26. The molecule has 0 spiro atoms. The van der Waals surface area contributed by atoms with Crippen molar-refractivity contribution in [1.29, 1.82) is 0 Å². The number of ether oxygens (including phenoxy) is 1. The largest absolute Gasteiger partial charge is 0.487 e. The molecule has 0 saturated carbocycles. The minimum atomic E-state index is -0.138. The summed E-state index contributed by atoms with van der Waals surface area (Å²) in [6, 6.07) is 7.35. The van der Waals surface area contributed by atoms with Gasteiger partial charge in [0.15, 0.2) is 0 Å². The summed E-state index contributed by atoms with van der Waals surface area (Å²) >= 11 is 1.68. The van der Waals surface area contributed by atoms with Gasteiger partial charge in [-0.15, -0.1) is 16.5 Å². The molecule has 1 aliphatic heterocycles. The average Bonchev–Trinajstić information content (AvgIpc) is 3.33. The smallest absolute Gasteiger partial charge is 0.225 e. The molecule has 0 bridgehead atoms. The van der Waals surface area contributed by atoms with Gasteiger partial charge in [0.1, 0.15) is 18.7 Å². The minimum Gasteiger partial charge on any atom is -0.487 e. The van der Waals surface area contributed by atoms with Crippen molar-refractivity contribution in [1.82, 2.24) is 15.0 Å². The summed E-state index contributed by atoms with van der Waals surface area (Å²) in [7, 11) is 0. The zero-order valence-electron chi connectivity index (χ0n) is 18.7. The molecule has 11 nitrogen and oxygen atoms in total. The van der Waals surface area contributed by atoms with Crippen molar-refractivity contribution in [2.24, 2.45) is 21.2 Å². The van der Waals surface area contributed by atoms with E-state index in [1.54, 1.807) is 23.7 Å². The van der Waals surface area contributed by atoms with Gasteiger partial charge < -0.3 is 20.8 Å². The summed E-state index contributed by atoms with van der Waals surface area (Å²) in [5, 5.41) is 12.5. The zero-order chi connectivity index (χ0) is 23.8. The van der Waals surface area contributed by atoms with Crippen LogP contribution >= 0.6 is 11.3 Å². The second-order valence-corrected chi connectivity index (χ2v) is 8.54. The third-order valence-corrected chi connectivity index (χ3v) is 6.26. The Morgan fingerprint density at radius 1 is 1.26 bits per heavy atom. The lowest BCUT2D eigenvalue weighted by Gasteiger charge is -2.31. The van der Waals surface area contributed by atoms with Crippen molar-refractivity contribution >= 4 is 40.9 Å². The Labute approximate surface area is 200 Å². The number of anilines is 2. The number of nitrogens with one attached hydrogen (secondary N) is 1. The van der Waals surface area contributed by atoms with Crippen LogP contribution in [0.25, 0.3) is 0 Å². The quantitative estimate of drug-likeness (QED) is 0.164. The number of piperidine rings is 1. The minimum absolute atomic E-state index is 0.138. The van der Waals surface area contributed by atoms with Gasteiger partial charge in [-0.3, -0.25) is 4.79 Å². The molecule has 2 aromatic heterocycles. The number of aliphatic imine (C=N–C) groups is 1. The first-order valence-electron chi connectivity index (χ1n) is 10.7. The second-order valence-electron chi connectivity index (χ2n) is 7.65. The highest BCUT2D eigenvalue weighted by molar-refractivity contribution is 7.09. The molecule has 1 amide bonds. The molecule has 4 rings (SSSR count). The Hall–Kier alpha value is -3.93. The molecule has 1 fully saturated rings. The highest BCUT2D eigenvalue weighted by Gasteiger charge is 2.24. The highest BCUT2D eigenvalue weighted by atomic mass is 32.1. The van der Waals surface area contributed by atoms with Gasteiger partial charge in [0.25, 0.3) is 0 Å². The summed E-state index contributed by atoms with van der Waals surface area (Å²) in [6.45, 7) is 3.59. The molecule has 1 aromatic carbocycles. The van der Waals surface area contributed by atoms with E-state index in [0.717, 1.165) is 48.1 Å². The fraction of sp³-hybridized carbons (Fsp3) is 0.318. The Morgan fingerprint density at radius 2 is 2.00 bits per heavy atom. The van der Waals surface area contributed by atoms with Gasteiger partial charge in [0, 0.05) is 31.3 Å². The number of benzene rings is 1. The van der Waals surface area contributed by atoms with Crippen molar-refractivity contribution < 1.29 is 9.53 Å². The zero-order valence-corrected chi connectivity index (χ0v) is 19.5. The van der Waals surface area contributed by atoms with Crippen molar-refractivity contribution in [3.63, 3.8) is 0 Å². The third kappa shape index (κ3) is 6.32. The number of hydrogen-bond donors (Lipinski definition) is 2. The molecule has 176 valence electrons. The van der Waals surface area contributed by atoms with E-state index < -0.39 is 0 Å². The van der Waals surface area contributed by atoms with Crippen LogP contribution in [0.3, 0.4) is 0 Å². The number of carbonyl (C=O) groups excluding carboxylic acids is 1. The first-order valence-corrected chi connectivity index (χ1v) is 11.6. The molecule has 1 aliphatic rings. The molecule has 0 radical (unpaired) electrons. The Morgan fingerprint density at radius 3 is 2.68 bits per heavy atom. The standard InChI is InChI=1S/C22H25N9O2S/c1-15(32)28-18-10-24-22(25-11-18)31-8-6-16(7-9-31)21-29-19(13-34-21)12-33-20-4-2-17(3-5-20)26-14-27-30-23/h2-5,10-11,13-14,16H,6-9,12H2,1H3,(H,28,32)(H2,23,26,27). The molecular formula is C22H25N9O2S. The van der Waals surface area contributed by atoms with Crippen LogP contribution in [0.5, 0.6) is 5.75 Å². The van der Waals surface area contributed by atoms with E-state index in [9.17, 15) is 4.79 Å². The van der Waals surface area contributed by atoms with Crippen molar-refractivity contribution in [3.8, 4) is 5.75 Å². The predicted octanol–water partition coefficient (Wildman–Crippen LogP) is 3.84. The van der Waals surface area contributed by atoms with Gasteiger partial charge in [-0.2, -0.15) is 0 Å². The topological polar surface area (TPSA) is 143 Å². The first kappa shape index (κ1) is 23.2. The SMILES string of the molecule is CC(=O)Nc1cnc(N2CCC(c3nc(COc4ccc(N=CN=NN)cc4)cs3)CC2)nc1. The van der Waals surface area contributed by atoms with Crippen LogP contribution in [0.1, 0.15) is 36.4 Å². The molecule has 12 heteroatoms. The molecule has 3 aromatic rings. The lowest BCUT2D eigenvalue weighted by atomic mass is 9.98. The molecule has 3 heterocycles. The summed E-state index contributed by atoms with van der Waals surface area (Å²) < 4.78 is 5.86. The average molecular weight is 480 g/mol. The first-order chi connectivity index (χ1) is 16.6. The predicted molar refractivity (Wildman–Crippen MR) is 131 cm³/mol. The maximum Gasteiger partial charge on any atom is 0.225 e. The van der Waals surface area contributed by atoms with E-state index in [1.165, 1.54) is 13.3 Å². The maximum atomic E-state index is 11.1. The van der Waals surface area contributed by atoms with E-state index in [4.69, 9.17) is 15.6 Å². The van der Waals surface area contributed by atoms with Crippen molar-refractivity contribution in [2.75, 3.05) is 23.3 Å². The lowest BCUT2D eigenvalue weighted by Crippen LogP contribution is -2.34. The van der Waals surface area contributed by atoms with Crippen LogP contribution < -0.4 is 20.8 Å². The van der Waals surface area contributed by atoms with E-state index in [0.29, 0.717) is 24.2 Å². The lowest BCUT2D eigenvalue weighted by molar-refractivity contribution is -0.114. The molecule has 1 saturated heterocycles. The van der Waals surface area contributed by atoms with Crippen LogP contribution in [0, 0.1) is 0 Å². The van der Waals surface area contributed by atoms with Crippen molar-refractivity contribution in [2.45, 2.75) is 32.3 Å². The number of hydrogen-bond acceptors (Lipinski definition) is 9. The van der Waals surface area contributed by atoms with E-state index in [1.807, 2.05) is 24.3 Å². The summed E-state index contributed by atoms with van der Waals surface area (Å²) in [4.78, 5) is 31.0. The van der Waals surface area contributed by atoms with Crippen LogP contribution in [0.4, 0.5) is 17.3 Å². The highest BCUT2D eigenvalue weighted by Crippen LogP contribution is 2.31. The monoisotopic (exact) mass is 479 g/mol. The molecule has 34 heavy (non-hydrogen) atoms. The normalized spacial score (nSPS) is 14.7. The van der Waals surface area contributed by atoms with Crippen molar-refractivity contribution in [3.05, 3.63) is 52.7 Å². The number of amides is 1. The number of aromatic nitrogens is 3. The molecule has 3 N–H and O–H groups in total. The van der Waals surface area contributed by atoms with E-state index in [2.05, 4.69) is 40.9 Å². The van der Waals surface area contributed by atoms with Gasteiger partial charge in [0.05, 0.1) is 34.5 Å². The fourth-order valence-electron chi connectivity index (χ4n) is 3.56. The fourth-order valence-corrected chi connectivity index (χ4v) is 4.54. The number of rotatable bonds is 8. The Bertz CT molecular complexity index is 1140. The summed E-state index contributed by atoms with van der Waals surface area (Å²) in [6.07, 6.45) is 6.52. The van der Waals surface area contributed by atoms with Gasteiger partial charge in [0.2, 0.25) is 11.9 Å². The van der Waals surface area contributed by atoms with Crippen LogP contribution in [0.2, 0.25) is 0 Å². The van der Waals surface area contributed by atoms with E-state index in [-0.39, 0.29) is 5.91 Å². The van der Waals surface area contributed by atoms with Gasteiger partial charge >= 0.3 is 0 Å². The van der Waals surface area contributed by atoms with Crippen LogP contribution in [0.15, 0.2) is 57.4 Å². The van der Waals surface area contributed by atoms with Crippen LogP contribution in [-0.2, 0) is 11.4 Å². The van der Waals surface area contributed by atoms with Gasteiger partial charge in [-0.1, -0.05) is 5.22 Å². The van der Waals surface area contributed by atoms with E-state index >= 15 is 0 Å². The Kier molecular flexibility index (Phi) is 7.71. The van der Waals surface area contributed by atoms with Gasteiger partial charge in [-0.05, 0) is 37.1 Å². The van der Waals surface area contributed by atoms with Crippen LogP contribution in [-0.4, -0.2) is 40.3 Å². The maximum absolute atomic E-state index is 11.1. The number of nitrogens with two attached hydrogens (primary N) is 1. The number of carbonyl (C=O) groups is 1. The number of thiazole rings is 1. The van der Waals surface area contributed by atoms with Gasteiger partial charge in [-0.25, -0.2) is 19.9 Å². The second kappa shape index (κ2) is 11.3. The molecular weight excluding hydrogens is 454 g/mol. The molecule has 0 unspecified atom stereocenters. The summed E-state index contributed by atoms with van der Waals surface area (Å²) in [5.41, 5.74) is 2.25. The molecule has 0 aliphatic carbocycles. The summed E-state index contributed by atoms with van der Waals surface area (Å²) in [5.74, 6) is 6.63.